The van der Waals surface area contributed by atoms with Crippen molar-refractivity contribution in [2.75, 3.05) is 22.6 Å². The van der Waals surface area contributed by atoms with Crippen LogP contribution < -0.4 is 15.5 Å². The van der Waals surface area contributed by atoms with Crippen LogP contribution in [0.4, 0.5) is 23.6 Å². The second-order valence-corrected chi connectivity index (χ2v) is 6.46. The van der Waals surface area contributed by atoms with Crippen LogP contribution in [0, 0.1) is 0 Å². The third-order valence-electron chi connectivity index (χ3n) is 4.55. The molecule has 4 heterocycles. The normalized spacial score (nSPS) is 12.8. The van der Waals surface area contributed by atoms with E-state index in [0.29, 0.717) is 25.1 Å². The highest BCUT2D eigenvalue weighted by Crippen LogP contribution is 2.27. The van der Waals surface area contributed by atoms with E-state index < -0.39 is 0 Å². The number of anilines is 4. The van der Waals surface area contributed by atoms with Crippen LogP contribution in [0.2, 0.25) is 0 Å². The summed E-state index contributed by atoms with van der Waals surface area (Å²) in [5.74, 6) is 0.928. The number of nitrogen functional groups attached to an aromatic ring is 1. The summed E-state index contributed by atoms with van der Waals surface area (Å²) < 4.78 is 5.42. The van der Waals surface area contributed by atoms with Gasteiger partial charge in [-0.3, -0.25) is 0 Å². The molecule has 0 spiro atoms. The van der Waals surface area contributed by atoms with Crippen molar-refractivity contribution in [2.45, 2.75) is 13.1 Å². The number of rotatable bonds is 4. The van der Waals surface area contributed by atoms with Gasteiger partial charge in [-0.1, -0.05) is 23.4 Å². The SMILES string of the molecule is CN(c1ccccc1)c1nc(N)nc(-c2noc(N3Cc4cncnc4C3)n2)n1. The van der Waals surface area contributed by atoms with Crippen molar-refractivity contribution in [3.8, 4) is 11.6 Å². The van der Waals surface area contributed by atoms with Crippen LogP contribution in [0.1, 0.15) is 11.3 Å². The minimum Gasteiger partial charge on any atom is -0.368 e. The Kier molecular flexibility index (Phi) is 3.97. The van der Waals surface area contributed by atoms with Gasteiger partial charge in [0.1, 0.15) is 6.33 Å². The lowest BCUT2D eigenvalue weighted by Gasteiger charge is -2.17. The van der Waals surface area contributed by atoms with Crippen LogP contribution >= 0.6 is 0 Å². The molecule has 0 aliphatic carbocycles. The molecule has 0 saturated heterocycles. The van der Waals surface area contributed by atoms with Crippen LogP contribution in [0.3, 0.4) is 0 Å². The standard InChI is InChI=1S/C18H16N10O/c1-27(12-5-3-2-4-6-12)17-23-14(22-16(19)25-17)15-24-18(29-26-15)28-8-11-7-20-10-21-13(11)9-28/h2-7,10H,8-9H2,1H3,(H2,19,22,23,25). The molecule has 0 bridgehead atoms. The van der Waals surface area contributed by atoms with Crippen LogP contribution in [0.15, 0.2) is 47.4 Å². The Labute approximate surface area is 165 Å². The Bertz CT molecular complexity index is 1140. The fourth-order valence-corrected chi connectivity index (χ4v) is 3.07. The molecule has 144 valence electrons. The maximum Gasteiger partial charge on any atom is 0.325 e. The third kappa shape index (κ3) is 3.18. The molecule has 11 heteroatoms. The van der Waals surface area contributed by atoms with Gasteiger partial charge in [0, 0.05) is 24.5 Å². The molecule has 1 aliphatic heterocycles. The quantitative estimate of drug-likeness (QED) is 0.545. The number of para-hydroxylation sites is 1. The van der Waals surface area contributed by atoms with E-state index in [1.54, 1.807) is 11.1 Å². The van der Waals surface area contributed by atoms with Gasteiger partial charge < -0.3 is 20.1 Å². The van der Waals surface area contributed by atoms with Crippen LogP contribution in [-0.2, 0) is 13.1 Å². The van der Waals surface area contributed by atoms with Gasteiger partial charge in [0.05, 0.1) is 18.8 Å². The Balaban J connectivity index is 1.43. The van der Waals surface area contributed by atoms with Crippen molar-refractivity contribution in [1.29, 1.82) is 0 Å². The predicted octanol–water partition coefficient (Wildman–Crippen LogP) is 1.58. The topological polar surface area (TPSA) is 136 Å². The highest BCUT2D eigenvalue weighted by molar-refractivity contribution is 5.59. The number of nitrogens with zero attached hydrogens (tertiary/aromatic N) is 9. The lowest BCUT2D eigenvalue weighted by atomic mass is 10.3. The molecule has 0 amide bonds. The van der Waals surface area contributed by atoms with Gasteiger partial charge >= 0.3 is 6.01 Å². The molecule has 4 aromatic rings. The second-order valence-electron chi connectivity index (χ2n) is 6.46. The number of fused-ring (bicyclic) bond motifs is 1. The third-order valence-corrected chi connectivity index (χ3v) is 4.55. The van der Waals surface area contributed by atoms with E-state index >= 15 is 0 Å². The summed E-state index contributed by atoms with van der Waals surface area (Å²) in [5, 5.41) is 4.02. The first kappa shape index (κ1) is 17.0. The summed E-state index contributed by atoms with van der Waals surface area (Å²) in [4.78, 5) is 29.3. The molecule has 0 atom stereocenters. The van der Waals surface area contributed by atoms with Gasteiger partial charge in [0.15, 0.2) is 0 Å². The Morgan fingerprint density at radius 3 is 2.72 bits per heavy atom. The van der Waals surface area contributed by atoms with Crippen molar-refractivity contribution in [1.82, 2.24) is 35.1 Å². The van der Waals surface area contributed by atoms with Gasteiger partial charge in [0.2, 0.25) is 23.5 Å². The minimum atomic E-state index is 0.0722. The van der Waals surface area contributed by atoms with Gasteiger partial charge in [-0.2, -0.15) is 19.9 Å². The van der Waals surface area contributed by atoms with Crippen molar-refractivity contribution < 1.29 is 4.52 Å². The average molecular weight is 388 g/mol. The maximum absolute atomic E-state index is 5.90. The van der Waals surface area contributed by atoms with Crippen LogP contribution in [0.25, 0.3) is 11.6 Å². The largest absolute Gasteiger partial charge is 0.368 e. The van der Waals surface area contributed by atoms with Crippen molar-refractivity contribution in [3.63, 3.8) is 0 Å². The van der Waals surface area contributed by atoms with Crippen LogP contribution in [0.5, 0.6) is 0 Å². The molecule has 0 radical (unpaired) electrons. The van der Waals surface area contributed by atoms with E-state index in [1.807, 2.05) is 42.3 Å². The molecule has 11 nitrogen and oxygen atoms in total. The van der Waals surface area contributed by atoms with Crippen molar-refractivity contribution in [3.05, 3.63) is 54.1 Å². The lowest BCUT2D eigenvalue weighted by Crippen LogP contribution is -2.16. The fourth-order valence-electron chi connectivity index (χ4n) is 3.07. The fraction of sp³-hybridized carbons (Fsp3) is 0.167. The van der Waals surface area contributed by atoms with Gasteiger partial charge in [-0.15, -0.1) is 0 Å². The zero-order chi connectivity index (χ0) is 19.8. The predicted molar refractivity (Wildman–Crippen MR) is 104 cm³/mol. The zero-order valence-corrected chi connectivity index (χ0v) is 15.5. The summed E-state index contributed by atoms with van der Waals surface area (Å²) in [5.41, 5.74) is 8.78. The van der Waals surface area contributed by atoms with Crippen molar-refractivity contribution in [2.24, 2.45) is 0 Å². The van der Waals surface area contributed by atoms with Crippen LogP contribution in [-0.4, -0.2) is 42.1 Å². The Morgan fingerprint density at radius 1 is 1.03 bits per heavy atom. The summed E-state index contributed by atoms with van der Waals surface area (Å²) in [6.07, 6.45) is 3.32. The molecule has 0 saturated carbocycles. The van der Waals surface area contributed by atoms with E-state index in [0.717, 1.165) is 16.9 Å². The molecule has 2 N–H and O–H groups in total. The van der Waals surface area contributed by atoms with Gasteiger partial charge in [-0.25, -0.2) is 9.97 Å². The van der Waals surface area contributed by atoms with E-state index in [4.69, 9.17) is 10.3 Å². The second kappa shape index (κ2) is 6.78. The lowest BCUT2D eigenvalue weighted by molar-refractivity contribution is 0.414. The maximum atomic E-state index is 5.90. The van der Waals surface area contributed by atoms with Gasteiger partial charge in [0.25, 0.3) is 0 Å². The summed E-state index contributed by atoms with van der Waals surface area (Å²) in [6, 6.07) is 10.0. The molecule has 1 aromatic carbocycles. The first-order chi connectivity index (χ1) is 14.2. The molecule has 0 fully saturated rings. The molecular formula is C18H16N10O. The summed E-state index contributed by atoms with van der Waals surface area (Å²) in [6.45, 7) is 1.17. The highest BCUT2D eigenvalue weighted by atomic mass is 16.5. The molecule has 5 rings (SSSR count). The van der Waals surface area contributed by atoms with E-state index in [-0.39, 0.29) is 17.6 Å². The van der Waals surface area contributed by atoms with Gasteiger partial charge in [-0.05, 0) is 12.1 Å². The summed E-state index contributed by atoms with van der Waals surface area (Å²) in [7, 11) is 1.85. The number of aromatic nitrogens is 7. The molecule has 1 aliphatic rings. The monoisotopic (exact) mass is 388 g/mol. The number of hydrogen-bond acceptors (Lipinski definition) is 11. The smallest absolute Gasteiger partial charge is 0.325 e. The van der Waals surface area contributed by atoms with E-state index in [1.165, 1.54) is 6.33 Å². The average Bonchev–Trinajstić information content (AvgIpc) is 3.40. The van der Waals surface area contributed by atoms with E-state index in [2.05, 4.69) is 35.1 Å². The molecule has 29 heavy (non-hydrogen) atoms. The highest BCUT2D eigenvalue weighted by Gasteiger charge is 2.26. The number of hydrogen-bond donors (Lipinski definition) is 1. The molecular weight excluding hydrogens is 372 g/mol. The number of nitrogens with two attached hydrogens (primary N) is 1. The molecule has 3 aromatic heterocycles. The van der Waals surface area contributed by atoms with E-state index in [9.17, 15) is 0 Å². The summed E-state index contributed by atoms with van der Waals surface area (Å²) >= 11 is 0. The Morgan fingerprint density at radius 2 is 1.90 bits per heavy atom. The first-order valence-corrected chi connectivity index (χ1v) is 8.84. The minimum absolute atomic E-state index is 0.0722. The Hall–Kier alpha value is -4.15. The number of benzene rings is 1. The first-order valence-electron chi connectivity index (χ1n) is 8.84. The molecule has 0 unspecified atom stereocenters. The zero-order valence-electron chi connectivity index (χ0n) is 15.5. The van der Waals surface area contributed by atoms with Crippen molar-refractivity contribution >= 4 is 23.6 Å².